The van der Waals surface area contributed by atoms with Crippen LogP contribution in [0.2, 0.25) is 0 Å². The van der Waals surface area contributed by atoms with Crippen LogP contribution in [0, 0.1) is 17.5 Å². The second-order valence-electron chi connectivity index (χ2n) is 13.3. The van der Waals surface area contributed by atoms with Crippen molar-refractivity contribution in [2.75, 3.05) is 18.5 Å². The van der Waals surface area contributed by atoms with Gasteiger partial charge in [-0.3, -0.25) is 14.3 Å². The molecular formula is C36H29F9N6O3S. The lowest BCUT2D eigenvalue weighted by Gasteiger charge is -2.29. The summed E-state index contributed by atoms with van der Waals surface area (Å²) in [7, 11) is 0. The van der Waals surface area contributed by atoms with E-state index in [4.69, 9.17) is 9.72 Å². The van der Waals surface area contributed by atoms with Crippen molar-refractivity contribution < 1.29 is 53.8 Å². The maximum atomic E-state index is 15.1. The molecule has 5 aromatic rings. The molecule has 0 bridgehead atoms. The maximum absolute atomic E-state index is 15.1. The number of nitrogens with one attached hydrogen (secondary N) is 2. The molecule has 9 nitrogen and oxygen atoms in total. The Labute approximate surface area is 309 Å². The van der Waals surface area contributed by atoms with Crippen LogP contribution in [0.25, 0.3) is 21.5 Å². The van der Waals surface area contributed by atoms with Gasteiger partial charge in [-0.1, -0.05) is 17.4 Å². The molecule has 0 saturated carbocycles. The van der Waals surface area contributed by atoms with Crippen LogP contribution in [-0.2, 0) is 34.3 Å². The number of ketones is 1. The lowest BCUT2D eigenvalue weighted by molar-refractivity contribution is -0.123. The van der Waals surface area contributed by atoms with Gasteiger partial charge in [-0.05, 0) is 61.2 Å². The maximum Gasteiger partial charge on any atom is 0.290 e. The van der Waals surface area contributed by atoms with Gasteiger partial charge in [0.1, 0.15) is 35.4 Å². The van der Waals surface area contributed by atoms with Crippen LogP contribution in [0.1, 0.15) is 77.2 Å². The number of hydrogen-bond acceptors (Lipinski definition) is 8. The van der Waals surface area contributed by atoms with Crippen LogP contribution in [0.15, 0.2) is 42.5 Å². The van der Waals surface area contributed by atoms with Gasteiger partial charge >= 0.3 is 0 Å². The van der Waals surface area contributed by atoms with E-state index in [1.807, 2.05) is 0 Å². The summed E-state index contributed by atoms with van der Waals surface area (Å²) in [5.41, 5.74) is -4.59. The Morgan fingerprint density at radius 1 is 0.982 bits per heavy atom. The van der Waals surface area contributed by atoms with Crippen LogP contribution in [0.4, 0.5) is 44.6 Å². The van der Waals surface area contributed by atoms with Crippen LogP contribution in [-0.4, -0.2) is 50.7 Å². The molecule has 2 N–H and O–H groups in total. The van der Waals surface area contributed by atoms with E-state index in [2.05, 4.69) is 20.7 Å². The fraction of sp³-hybridized carbons (Fsp3) is 0.361. The van der Waals surface area contributed by atoms with E-state index in [0.717, 1.165) is 25.1 Å². The number of carbonyl (C=O) groups excluding carboxylic acids is 2. The Hall–Kier alpha value is -5.04. The van der Waals surface area contributed by atoms with Gasteiger partial charge in [-0.15, -0.1) is 0 Å². The number of aromatic nitrogens is 4. The topological polar surface area (TPSA) is 111 Å². The van der Waals surface area contributed by atoms with Crippen molar-refractivity contribution in [2.45, 2.75) is 69.5 Å². The summed E-state index contributed by atoms with van der Waals surface area (Å²) in [6.45, 7) is 0.854. The lowest BCUT2D eigenvalue weighted by Crippen LogP contribution is -2.37. The Kier molecular flexibility index (Phi) is 10.1. The van der Waals surface area contributed by atoms with Crippen molar-refractivity contribution in [1.82, 2.24) is 25.1 Å². The summed E-state index contributed by atoms with van der Waals surface area (Å²) >= 11 is 1.19. The Morgan fingerprint density at radius 3 is 2.38 bits per heavy atom. The highest BCUT2D eigenvalue weighted by atomic mass is 32.1. The Balaban J connectivity index is 1.35. The molecule has 0 spiro atoms. The second kappa shape index (κ2) is 14.6. The van der Waals surface area contributed by atoms with Gasteiger partial charge in [0.15, 0.2) is 16.6 Å². The molecule has 1 aliphatic heterocycles. The molecule has 2 atom stereocenters. The fourth-order valence-corrected chi connectivity index (χ4v) is 7.74. The molecule has 290 valence electrons. The number of pyridine rings is 1. The molecule has 1 unspecified atom stereocenters. The van der Waals surface area contributed by atoms with E-state index in [1.165, 1.54) is 23.5 Å². The number of amides is 1. The third kappa shape index (κ3) is 7.76. The molecule has 55 heavy (non-hydrogen) atoms. The average molecular weight is 797 g/mol. The van der Waals surface area contributed by atoms with Crippen molar-refractivity contribution in [1.29, 1.82) is 0 Å². The average Bonchev–Trinajstić information content (AvgIpc) is 3.85. The SMILES string of the molecule is CC(=O)c1cc(-c2cc3sc(NC4CCOC4)nc3nc2[C@H](Cc2cc(F)cc(F)c2)NC(=O)Cn2nc(C(F)F)c3c2C(F)(F)CCC3(F)F)ccc1F. The molecule has 3 aromatic heterocycles. The predicted molar refractivity (Wildman–Crippen MR) is 181 cm³/mol. The summed E-state index contributed by atoms with van der Waals surface area (Å²) in [6.07, 6.45) is -6.23. The number of ether oxygens (including phenoxy) is 1. The van der Waals surface area contributed by atoms with Crippen molar-refractivity contribution in [3.63, 3.8) is 0 Å². The predicted octanol–water partition coefficient (Wildman–Crippen LogP) is 8.39. The zero-order valence-corrected chi connectivity index (χ0v) is 29.4. The standard InChI is InChI=1S/C36H29F9N6O3S/c1-16(52)22-11-18(2-3-24(22)39)23-13-26-33(49-34(55-26)46-21-4-7-54-15-21)48-29(23)25(10-17-8-19(37)12-20(38)9-17)47-27(53)14-51-31-28(30(50-51)32(40)41)35(42,43)5-6-36(31,44)45/h2-3,8-9,11-13,21,25,32H,4-7,10,14-15H2,1H3,(H,47,53)(H,46,48,49)/t21?,25-/m0/s1. The number of rotatable bonds is 11. The van der Waals surface area contributed by atoms with Crippen molar-refractivity contribution in [2.24, 2.45) is 0 Å². The van der Waals surface area contributed by atoms with Crippen LogP contribution < -0.4 is 10.6 Å². The fourth-order valence-electron chi connectivity index (χ4n) is 6.82. The number of nitrogens with zero attached hydrogens (tertiary/aromatic N) is 4. The number of carbonyl (C=O) groups is 2. The van der Waals surface area contributed by atoms with Crippen molar-refractivity contribution in [3.05, 3.63) is 93.7 Å². The molecule has 1 amide bonds. The first kappa shape index (κ1) is 38.2. The Bertz CT molecular complexity index is 2290. The van der Waals surface area contributed by atoms with Gasteiger partial charge in [0, 0.05) is 31.1 Å². The highest BCUT2D eigenvalue weighted by Crippen LogP contribution is 2.52. The quantitative estimate of drug-likeness (QED) is 0.102. The minimum Gasteiger partial charge on any atom is -0.379 e. The number of fused-ring (bicyclic) bond motifs is 2. The molecule has 4 heterocycles. The highest BCUT2D eigenvalue weighted by molar-refractivity contribution is 7.22. The zero-order valence-electron chi connectivity index (χ0n) is 28.5. The molecule has 1 aliphatic carbocycles. The first-order chi connectivity index (χ1) is 26.0. The third-order valence-electron chi connectivity index (χ3n) is 9.30. The summed E-state index contributed by atoms with van der Waals surface area (Å²) in [5, 5.41) is 9.55. The number of thiazole rings is 1. The number of benzene rings is 2. The van der Waals surface area contributed by atoms with E-state index in [-0.39, 0.29) is 44.3 Å². The van der Waals surface area contributed by atoms with E-state index >= 15 is 8.78 Å². The summed E-state index contributed by atoms with van der Waals surface area (Å²) in [5.74, 6) is -12.7. The third-order valence-corrected chi connectivity index (χ3v) is 10.2. The van der Waals surface area contributed by atoms with Gasteiger partial charge in [0.2, 0.25) is 5.91 Å². The molecule has 1 saturated heterocycles. The second-order valence-corrected chi connectivity index (χ2v) is 14.3. The van der Waals surface area contributed by atoms with E-state index in [0.29, 0.717) is 35.5 Å². The van der Waals surface area contributed by atoms with E-state index in [1.54, 1.807) is 6.07 Å². The first-order valence-corrected chi connectivity index (χ1v) is 17.7. The molecular weight excluding hydrogens is 767 g/mol. The monoisotopic (exact) mass is 796 g/mol. The van der Waals surface area contributed by atoms with Gasteiger partial charge < -0.3 is 15.4 Å². The summed E-state index contributed by atoms with van der Waals surface area (Å²) < 4.78 is 137. The van der Waals surface area contributed by atoms with E-state index in [9.17, 15) is 40.3 Å². The lowest BCUT2D eigenvalue weighted by atomic mass is 9.89. The largest absolute Gasteiger partial charge is 0.379 e. The van der Waals surface area contributed by atoms with E-state index < -0.39 is 96.2 Å². The van der Waals surface area contributed by atoms with Gasteiger partial charge in [0.05, 0.1) is 40.2 Å². The number of halogens is 9. The molecule has 2 aromatic carbocycles. The van der Waals surface area contributed by atoms with Crippen LogP contribution in [0.5, 0.6) is 0 Å². The minimum absolute atomic E-state index is 0.0244. The van der Waals surface area contributed by atoms with Gasteiger partial charge in [0.25, 0.3) is 18.3 Å². The highest BCUT2D eigenvalue weighted by Gasteiger charge is 2.55. The van der Waals surface area contributed by atoms with Crippen molar-refractivity contribution in [3.8, 4) is 11.1 Å². The summed E-state index contributed by atoms with van der Waals surface area (Å²) in [4.78, 5) is 35.3. The van der Waals surface area contributed by atoms with Crippen LogP contribution in [0.3, 0.4) is 0 Å². The molecule has 1 fully saturated rings. The number of Topliss-reactive ketones (excluding diaryl/α,β-unsaturated/α-hetero) is 1. The smallest absolute Gasteiger partial charge is 0.290 e. The molecule has 0 radical (unpaired) electrons. The minimum atomic E-state index is -4.09. The number of hydrogen-bond donors (Lipinski definition) is 2. The normalized spacial score (nSPS) is 18.1. The van der Waals surface area contributed by atoms with Crippen LogP contribution >= 0.6 is 11.3 Å². The first-order valence-electron chi connectivity index (χ1n) is 16.9. The molecule has 2 aliphatic rings. The number of alkyl halides is 6. The van der Waals surface area contributed by atoms with Gasteiger partial charge in [-0.2, -0.15) is 13.9 Å². The zero-order chi connectivity index (χ0) is 39.4. The molecule has 19 heteroatoms. The Morgan fingerprint density at radius 2 is 1.71 bits per heavy atom. The number of anilines is 1. The van der Waals surface area contributed by atoms with Gasteiger partial charge in [-0.25, -0.2) is 40.7 Å². The molecule has 7 rings (SSSR count). The summed E-state index contributed by atoms with van der Waals surface area (Å²) in [6, 6.07) is 6.25. The van der Waals surface area contributed by atoms with Crippen molar-refractivity contribution >= 4 is 38.5 Å².